The second-order valence-electron chi connectivity index (χ2n) is 4.14. The van der Waals surface area contributed by atoms with Crippen molar-refractivity contribution in [3.8, 4) is 5.75 Å². The van der Waals surface area contributed by atoms with Gasteiger partial charge >= 0.3 is 5.97 Å². The van der Waals surface area contributed by atoms with E-state index in [4.69, 9.17) is 9.84 Å². The van der Waals surface area contributed by atoms with Gasteiger partial charge in [0, 0.05) is 6.08 Å². The number of carboxylic acid groups (broad SMARTS) is 1. The molecule has 2 aromatic rings. The molecule has 0 bridgehead atoms. The molecule has 0 atom stereocenters. The third-order valence-corrected chi connectivity index (χ3v) is 3.45. The average molecular weight is 380 g/mol. The first-order chi connectivity index (χ1) is 9.65. The van der Waals surface area contributed by atoms with Gasteiger partial charge in [-0.1, -0.05) is 36.4 Å². The zero-order valence-corrected chi connectivity index (χ0v) is 12.8. The van der Waals surface area contributed by atoms with Gasteiger partial charge in [-0.25, -0.2) is 4.79 Å². The third kappa shape index (κ3) is 4.38. The van der Waals surface area contributed by atoms with Crippen molar-refractivity contribution in [1.29, 1.82) is 0 Å². The van der Waals surface area contributed by atoms with Gasteiger partial charge in [-0.3, -0.25) is 0 Å². The Bertz CT molecular complexity index is 621. The summed E-state index contributed by atoms with van der Waals surface area (Å²) in [5, 5.41) is 8.60. The van der Waals surface area contributed by atoms with E-state index >= 15 is 0 Å². The number of ether oxygens (including phenoxy) is 1. The topological polar surface area (TPSA) is 46.5 Å². The molecule has 0 aliphatic carbocycles. The third-order valence-electron chi connectivity index (χ3n) is 2.61. The molecule has 102 valence electrons. The van der Waals surface area contributed by atoms with E-state index in [9.17, 15) is 4.79 Å². The van der Waals surface area contributed by atoms with E-state index in [1.54, 1.807) is 6.08 Å². The number of hydrogen-bond acceptors (Lipinski definition) is 2. The maximum Gasteiger partial charge on any atom is 0.328 e. The minimum Gasteiger partial charge on any atom is -0.488 e. The molecule has 0 aromatic heterocycles. The van der Waals surface area contributed by atoms with E-state index in [2.05, 4.69) is 22.6 Å². The minimum atomic E-state index is -0.954. The van der Waals surface area contributed by atoms with Gasteiger partial charge < -0.3 is 9.84 Å². The molecule has 20 heavy (non-hydrogen) atoms. The summed E-state index contributed by atoms with van der Waals surface area (Å²) in [4.78, 5) is 10.5. The highest BCUT2D eigenvalue weighted by atomic mass is 127. The van der Waals surface area contributed by atoms with Crippen LogP contribution >= 0.6 is 22.6 Å². The molecule has 0 fully saturated rings. The smallest absolute Gasteiger partial charge is 0.328 e. The lowest BCUT2D eigenvalue weighted by Gasteiger charge is -2.08. The summed E-state index contributed by atoms with van der Waals surface area (Å²) in [5.41, 5.74) is 1.95. The first kappa shape index (κ1) is 14.6. The predicted molar refractivity (Wildman–Crippen MR) is 86.6 cm³/mol. The Balaban J connectivity index is 2.04. The fraction of sp³-hybridized carbons (Fsp3) is 0.0625. The van der Waals surface area contributed by atoms with E-state index < -0.39 is 5.97 Å². The first-order valence-electron chi connectivity index (χ1n) is 6.02. The quantitative estimate of drug-likeness (QED) is 0.631. The van der Waals surface area contributed by atoms with Crippen molar-refractivity contribution >= 4 is 34.6 Å². The number of aliphatic carboxylic acids is 1. The van der Waals surface area contributed by atoms with Gasteiger partial charge in [0.15, 0.2) is 0 Å². The van der Waals surface area contributed by atoms with Crippen molar-refractivity contribution in [1.82, 2.24) is 0 Å². The Hall–Kier alpha value is -1.82. The molecule has 2 rings (SSSR count). The zero-order valence-electron chi connectivity index (χ0n) is 10.6. The van der Waals surface area contributed by atoms with Crippen LogP contribution in [0.15, 0.2) is 54.6 Å². The maximum absolute atomic E-state index is 10.5. The Kier molecular flexibility index (Phi) is 5.17. The second-order valence-corrected chi connectivity index (χ2v) is 5.30. The van der Waals surface area contributed by atoms with Gasteiger partial charge in [0.1, 0.15) is 12.4 Å². The van der Waals surface area contributed by atoms with Crippen molar-refractivity contribution in [3.05, 3.63) is 69.3 Å². The maximum atomic E-state index is 10.5. The van der Waals surface area contributed by atoms with Crippen molar-refractivity contribution < 1.29 is 14.6 Å². The molecule has 0 unspecified atom stereocenters. The molecule has 0 aliphatic rings. The van der Waals surface area contributed by atoms with E-state index in [0.29, 0.717) is 6.61 Å². The molecule has 4 heteroatoms. The molecule has 0 saturated carbocycles. The Morgan fingerprint density at radius 1 is 1.20 bits per heavy atom. The van der Waals surface area contributed by atoms with Crippen LogP contribution in [0.25, 0.3) is 6.08 Å². The van der Waals surface area contributed by atoms with Gasteiger partial charge in [0.25, 0.3) is 0 Å². The summed E-state index contributed by atoms with van der Waals surface area (Å²) < 4.78 is 6.71. The number of carbonyl (C=O) groups is 1. The van der Waals surface area contributed by atoms with Crippen LogP contribution in [0.1, 0.15) is 11.1 Å². The highest BCUT2D eigenvalue weighted by Gasteiger charge is 2.02. The summed E-state index contributed by atoms with van der Waals surface area (Å²) in [7, 11) is 0. The lowest BCUT2D eigenvalue weighted by atomic mass is 10.2. The van der Waals surface area contributed by atoms with Crippen LogP contribution in [0.5, 0.6) is 5.75 Å². The summed E-state index contributed by atoms with van der Waals surface area (Å²) in [5.74, 6) is -0.161. The standard InChI is InChI=1S/C16H13IO3/c17-14-10-12(7-9-16(18)19)6-8-15(14)20-11-13-4-2-1-3-5-13/h1-10H,11H2,(H,18,19)/b9-7+. The molecule has 0 amide bonds. The van der Waals surface area contributed by atoms with Crippen LogP contribution in [0, 0.1) is 3.57 Å². The highest BCUT2D eigenvalue weighted by Crippen LogP contribution is 2.23. The number of halogens is 1. The molecule has 0 heterocycles. The molecule has 0 aliphatic heterocycles. The average Bonchev–Trinajstić information content (AvgIpc) is 2.45. The molecular formula is C16H13IO3. The molecular weight excluding hydrogens is 367 g/mol. The van der Waals surface area contributed by atoms with Crippen molar-refractivity contribution in [2.45, 2.75) is 6.61 Å². The largest absolute Gasteiger partial charge is 0.488 e. The molecule has 0 radical (unpaired) electrons. The normalized spacial score (nSPS) is 10.7. The van der Waals surface area contributed by atoms with Crippen LogP contribution < -0.4 is 4.74 Å². The van der Waals surface area contributed by atoms with Gasteiger partial charge in [-0.05, 0) is 51.9 Å². The molecule has 1 N–H and O–H groups in total. The minimum absolute atomic E-state index is 0.515. The highest BCUT2D eigenvalue weighted by molar-refractivity contribution is 14.1. The molecule has 2 aromatic carbocycles. The van der Waals surface area contributed by atoms with Gasteiger partial charge in [0.05, 0.1) is 3.57 Å². The fourth-order valence-corrected chi connectivity index (χ4v) is 2.34. The van der Waals surface area contributed by atoms with Gasteiger partial charge in [0.2, 0.25) is 0 Å². The van der Waals surface area contributed by atoms with E-state index in [-0.39, 0.29) is 0 Å². The second kappa shape index (κ2) is 7.09. The van der Waals surface area contributed by atoms with Crippen LogP contribution in [0.4, 0.5) is 0 Å². The lowest BCUT2D eigenvalue weighted by molar-refractivity contribution is -0.131. The van der Waals surface area contributed by atoms with Gasteiger partial charge in [-0.15, -0.1) is 0 Å². The zero-order chi connectivity index (χ0) is 14.4. The van der Waals surface area contributed by atoms with Crippen LogP contribution in [0.2, 0.25) is 0 Å². The van der Waals surface area contributed by atoms with E-state index in [1.165, 1.54) is 0 Å². The van der Waals surface area contributed by atoms with Crippen LogP contribution in [-0.2, 0) is 11.4 Å². The summed E-state index contributed by atoms with van der Waals surface area (Å²) >= 11 is 2.18. The molecule has 3 nitrogen and oxygen atoms in total. The Labute approximate surface area is 131 Å². The first-order valence-corrected chi connectivity index (χ1v) is 7.10. The van der Waals surface area contributed by atoms with E-state index in [1.807, 2.05) is 48.5 Å². The van der Waals surface area contributed by atoms with E-state index in [0.717, 1.165) is 26.5 Å². The molecule has 0 spiro atoms. The van der Waals surface area contributed by atoms with Crippen molar-refractivity contribution in [2.75, 3.05) is 0 Å². The number of rotatable bonds is 5. The summed E-state index contributed by atoms with van der Waals surface area (Å²) in [6.07, 6.45) is 2.68. The van der Waals surface area contributed by atoms with Gasteiger partial charge in [-0.2, -0.15) is 0 Å². The fourth-order valence-electron chi connectivity index (χ4n) is 1.64. The Morgan fingerprint density at radius 3 is 2.60 bits per heavy atom. The predicted octanol–water partition coefficient (Wildman–Crippen LogP) is 3.97. The Morgan fingerprint density at radius 2 is 1.95 bits per heavy atom. The number of hydrogen-bond donors (Lipinski definition) is 1. The van der Waals surface area contributed by atoms with Crippen LogP contribution in [0.3, 0.4) is 0 Å². The number of carboxylic acids is 1. The SMILES string of the molecule is O=C(O)/C=C/c1ccc(OCc2ccccc2)c(I)c1. The summed E-state index contributed by atoms with van der Waals surface area (Å²) in [6, 6.07) is 15.5. The number of benzene rings is 2. The van der Waals surface area contributed by atoms with Crippen molar-refractivity contribution in [2.24, 2.45) is 0 Å². The lowest BCUT2D eigenvalue weighted by Crippen LogP contribution is -1.97. The molecule has 0 saturated heterocycles. The monoisotopic (exact) mass is 380 g/mol. The summed E-state index contributed by atoms with van der Waals surface area (Å²) in [6.45, 7) is 0.515. The van der Waals surface area contributed by atoms with Crippen molar-refractivity contribution in [3.63, 3.8) is 0 Å². The van der Waals surface area contributed by atoms with Crippen LogP contribution in [-0.4, -0.2) is 11.1 Å².